The maximum absolute atomic E-state index is 13.5. The second kappa shape index (κ2) is 8.58. The van der Waals surface area contributed by atoms with E-state index in [1.54, 1.807) is 4.90 Å². The number of fused-ring (bicyclic) bond motifs is 3. The molecule has 0 radical (unpaired) electrons. The molecular weight excluding hydrogens is 470 g/mol. The van der Waals surface area contributed by atoms with E-state index in [0.717, 1.165) is 24.0 Å². The summed E-state index contributed by atoms with van der Waals surface area (Å²) in [6.07, 6.45) is 1.47. The molecule has 1 saturated heterocycles. The van der Waals surface area contributed by atoms with Gasteiger partial charge >= 0.3 is 6.09 Å². The summed E-state index contributed by atoms with van der Waals surface area (Å²) in [6, 6.07) is 16.6. The van der Waals surface area contributed by atoms with Gasteiger partial charge in [0.1, 0.15) is 5.60 Å². The van der Waals surface area contributed by atoms with E-state index in [1.807, 2.05) is 56.0 Å². The Bertz CT molecular complexity index is 1270. The average molecular weight is 504 g/mol. The Morgan fingerprint density at radius 3 is 2.38 bits per heavy atom. The quantitative estimate of drug-likeness (QED) is 0.537. The number of amides is 2. The molecule has 0 aromatic heterocycles. The third kappa shape index (κ3) is 4.27. The standard InChI is InChI=1S/C29H33N3O5/c1-27(2,3)37-26(34)32-17-21-9-5-4-8-20(21)16-29(19-32)24(33)30-25(36-29)31-14-12-28(13-15-31)23-11-7-6-10-22(23)18-35-28/h4-11H,12-19H2,1-3H3. The molecule has 6 rings (SSSR count). The lowest BCUT2D eigenvalue weighted by Gasteiger charge is -2.40. The average Bonchev–Trinajstić information content (AvgIpc) is 3.30. The van der Waals surface area contributed by atoms with E-state index >= 15 is 0 Å². The van der Waals surface area contributed by atoms with Crippen molar-refractivity contribution < 1.29 is 23.8 Å². The van der Waals surface area contributed by atoms with Gasteiger partial charge < -0.3 is 19.1 Å². The fourth-order valence-electron chi connectivity index (χ4n) is 5.91. The summed E-state index contributed by atoms with van der Waals surface area (Å²) in [5, 5.41) is 0. The third-order valence-corrected chi connectivity index (χ3v) is 7.78. The summed E-state index contributed by atoms with van der Waals surface area (Å²) in [4.78, 5) is 34.6. The van der Waals surface area contributed by atoms with Crippen molar-refractivity contribution in [3.8, 4) is 0 Å². The topological polar surface area (TPSA) is 80.7 Å². The number of nitrogens with zero attached hydrogens (tertiary/aromatic N) is 3. The Balaban J connectivity index is 1.22. The first-order chi connectivity index (χ1) is 17.7. The zero-order chi connectivity index (χ0) is 25.8. The Morgan fingerprint density at radius 2 is 1.65 bits per heavy atom. The summed E-state index contributed by atoms with van der Waals surface area (Å²) in [6.45, 7) is 7.90. The number of amidine groups is 1. The van der Waals surface area contributed by atoms with Gasteiger partial charge in [-0.3, -0.25) is 9.69 Å². The molecule has 0 bridgehead atoms. The van der Waals surface area contributed by atoms with Gasteiger partial charge in [-0.2, -0.15) is 4.99 Å². The van der Waals surface area contributed by atoms with Crippen LogP contribution in [0, 0.1) is 0 Å². The molecule has 0 aliphatic carbocycles. The van der Waals surface area contributed by atoms with Crippen molar-refractivity contribution in [2.24, 2.45) is 4.99 Å². The fourth-order valence-corrected chi connectivity index (χ4v) is 5.91. The van der Waals surface area contributed by atoms with E-state index in [2.05, 4.69) is 23.2 Å². The second-order valence-electron chi connectivity index (χ2n) is 11.5. The molecule has 1 fully saturated rings. The molecule has 4 aliphatic rings. The van der Waals surface area contributed by atoms with Crippen molar-refractivity contribution in [1.29, 1.82) is 0 Å². The number of likely N-dealkylation sites (tertiary alicyclic amines) is 1. The van der Waals surface area contributed by atoms with Gasteiger partial charge in [0.25, 0.3) is 11.9 Å². The van der Waals surface area contributed by atoms with Crippen LogP contribution in [0.1, 0.15) is 55.9 Å². The number of hydrogen-bond donors (Lipinski definition) is 0. The number of aliphatic imine (C=N–C) groups is 1. The van der Waals surface area contributed by atoms with Crippen LogP contribution in [0.3, 0.4) is 0 Å². The molecular formula is C29H33N3O5. The lowest BCUT2D eigenvalue weighted by Crippen LogP contribution is -2.52. The molecule has 2 aromatic carbocycles. The van der Waals surface area contributed by atoms with E-state index in [1.165, 1.54) is 11.1 Å². The van der Waals surface area contributed by atoms with Crippen molar-refractivity contribution >= 4 is 18.0 Å². The summed E-state index contributed by atoms with van der Waals surface area (Å²) < 4.78 is 18.4. The van der Waals surface area contributed by atoms with Crippen molar-refractivity contribution in [3.63, 3.8) is 0 Å². The molecule has 8 nitrogen and oxygen atoms in total. The highest BCUT2D eigenvalue weighted by Crippen LogP contribution is 2.44. The molecule has 2 amide bonds. The SMILES string of the molecule is CC(C)(C)OC(=O)N1Cc2ccccc2CC2(C1)OC(N1CCC3(CC1)OCc1ccccc13)=NC2=O. The summed E-state index contributed by atoms with van der Waals surface area (Å²) >= 11 is 0. The van der Waals surface area contributed by atoms with Crippen LogP contribution in [0.5, 0.6) is 0 Å². The Hall–Kier alpha value is -3.39. The minimum Gasteiger partial charge on any atom is -0.446 e. The zero-order valence-electron chi connectivity index (χ0n) is 21.7. The fraction of sp³-hybridized carbons (Fsp3) is 0.483. The monoisotopic (exact) mass is 503 g/mol. The number of hydrogen-bond acceptors (Lipinski definition) is 6. The molecule has 4 aliphatic heterocycles. The number of carbonyl (C=O) groups is 2. The van der Waals surface area contributed by atoms with Gasteiger partial charge in [-0.25, -0.2) is 4.79 Å². The normalized spacial score (nSPS) is 24.4. The van der Waals surface area contributed by atoms with Gasteiger partial charge in [0.05, 0.1) is 18.8 Å². The predicted molar refractivity (Wildman–Crippen MR) is 137 cm³/mol. The van der Waals surface area contributed by atoms with Crippen LogP contribution in [-0.4, -0.2) is 58.7 Å². The lowest BCUT2D eigenvalue weighted by molar-refractivity contribution is -0.132. The van der Waals surface area contributed by atoms with Gasteiger partial charge in [-0.15, -0.1) is 0 Å². The number of piperidine rings is 1. The molecule has 37 heavy (non-hydrogen) atoms. The smallest absolute Gasteiger partial charge is 0.410 e. The van der Waals surface area contributed by atoms with Crippen molar-refractivity contribution in [1.82, 2.24) is 9.80 Å². The summed E-state index contributed by atoms with van der Waals surface area (Å²) in [5.74, 6) is -0.351. The highest BCUT2D eigenvalue weighted by atomic mass is 16.6. The van der Waals surface area contributed by atoms with Gasteiger partial charge in [0.2, 0.25) is 5.60 Å². The van der Waals surface area contributed by atoms with Crippen molar-refractivity contribution in [2.45, 2.75) is 70.0 Å². The predicted octanol–water partition coefficient (Wildman–Crippen LogP) is 4.15. The second-order valence-corrected chi connectivity index (χ2v) is 11.5. The van der Waals surface area contributed by atoms with E-state index in [-0.39, 0.29) is 18.1 Å². The minimum atomic E-state index is -1.27. The molecule has 0 N–H and O–H groups in total. The first-order valence-electron chi connectivity index (χ1n) is 13.0. The molecule has 1 unspecified atom stereocenters. The number of benzene rings is 2. The molecule has 1 atom stereocenters. The van der Waals surface area contributed by atoms with Gasteiger partial charge in [0.15, 0.2) is 0 Å². The molecule has 2 aromatic rings. The Morgan fingerprint density at radius 1 is 0.973 bits per heavy atom. The van der Waals surface area contributed by atoms with Crippen LogP contribution in [-0.2, 0) is 44.2 Å². The summed E-state index contributed by atoms with van der Waals surface area (Å²) in [5.41, 5.74) is 2.26. The molecule has 4 heterocycles. The third-order valence-electron chi connectivity index (χ3n) is 7.78. The Kier molecular flexibility index (Phi) is 5.56. The van der Waals surface area contributed by atoms with E-state index in [9.17, 15) is 9.59 Å². The highest BCUT2D eigenvalue weighted by molar-refractivity contribution is 6.02. The molecule has 0 saturated carbocycles. The zero-order valence-corrected chi connectivity index (χ0v) is 21.7. The van der Waals surface area contributed by atoms with Gasteiger partial charge in [0, 0.05) is 26.1 Å². The van der Waals surface area contributed by atoms with Gasteiger partial charge in [-0.1, -0.05) is 48.5 Å². The number of rotatable bonds is 0. The number of ether oxygens (including phenoxy) is 3. The highest BCUT2D eigenvalue weighted by Gasteiger charge is 2.53. The van der Waals surface area contributed by atoms with E-state index < -0.39 is 17.3 Å². The maximum atomic E-state index is 13.5. The largest absolute Gasteiger partial charge is 0.446 e. The molecule has 2 spiro atoms. The first kappa shape index (κ1) is 24.0. The van der Waals surface area contributed by atoms with Crippen molar-refractivity contribution in [3.05, 3.63) is 70.8 Å². The van der Waals surface area contributed by atoms with E-state index in [0.29, 0.717) is 38.7 Å². The van der Waals surface area contributed by atoms with Crippen molar-refractivity contribution in [2.75, 3.05) is 19.6 Å². The summed E-state index contributed by atoms with van der Waals surface area (Å²) in [7, 11) is 0. The molecule has 8 heteroatoms. The number of carbonyl (C=O) groups excluding carboxylic acids is 2. The first-order valence-corrected chi connectivity index (χ1v) is 13.0. The van der Waals surface area contributed by atoms with Crippen LogP contribution >= 0.6 is 0 Å². The van der Waals surface area contributed by atoms with E-state index in [4.69, 9.17) is 14.2 Å². The van der Waals surface area contributed by atoms with Gasteiger partial charge in [-0.05, 0) is 55.9 Å². The van der Waals surface area contributed by atoms with Crippen LogP contribution in [0.25, 0.3) is 0 Å². The lowest BCUT2D eigenvalue weighted by atomic mass is 9.84. The minimum absolute atomic E-state index is 0.0801. The van der Waals surface area contributed by atoms with Crippen LogP contribution < -0.4 is 0 Å². The Labute approximate surface area is 217 Å². The van der Waals surface area contributed by atoms with Crippen LogP contribution in [0.2, 0.25) is 0 Å². The molecule has 194 valence electrons. The maximum Gasteiger partial charge on any atom is 0.410 e. The van der Waals surface area contributed by atoms with Crippen LogP contribution in [0.4, 0.5) is 4.79 Å². The van der Waals surface area contributed by atoms with Crippen LogP contribution in [0.15, 0.2) is 53.5 Å².